The van der Waals surface area contributed by atoms with Gasteiger partial charge in [0.05, 0.1) is 6.54 Å². The fraction of sp³-hybridized carbons (Fsp3) is 0.500. The second-order valence-electron chi connectivity index (χ2n) is 5.65. The molecule has 0 aliphatic carbocycles. The summed E-state index contributed by atoms with van der Waals surface area (Å²) in [6.07, 6.45) is 5.74. The third-order valence-corrected chi connectivity index (χ3v) is 3.92. The van der Waals surface area contributed by atoms with Crippen molar-refractivity contribution >= 4 is 5.69 Å². The van der Waals surface area contributed by atoms with Crippen LogP contribution in [-0.4, -0.2) is 27.9 Å². The molecule has 1 aromatic heterocycles. The summed E-state index contributed by atoms with van der Waals surface area (Å²) in [6, 6.07) is 8.90. The SMILES string of the molecule is Cn1cnc(CNCc2ccc(N3CCCCC3)cc2)n1. The van der Waals surface area contributed by atoms with Gasteiger partial charge in [0.2, 0.25) is 0 Å². The molecule has 1 fully saturated rings. The van der Waals surface area contributed by atoms with Crippen molar-refractivity contribution in [3.05, 3.63) is 42.0 Å². The molecule has 0 spiro atoms. The molecule has 1 aromatic carbocycles. The first kappa shape index (κ1) is 14.1. The normalized spacial score (nSPS) is 15.4. The summed E-state index contributed by atoms with van der Waals surface area (Å²) in [5.41, 5.74) is 2.65. The second-order valence-corrected chi connectivity index (χ2v) is 5.65. The predicted octanol–water partition coefficient (Wildman–Crippen LogP) is 2.10. The number of hydrogen-bond donors (Lipinski definition) is 1. The van der Waals surface area contributed by atoms with Crippen LogP contribution in [0.2, 0.25) is 0 Å². The third-order valence-electron chi connectivity index (χ3n) is 3.92. The molecule has 2 heterocycles. The summed E-state index contributed by atoms with van der Waals surface area (Å²) in [6.45, 7) is 3.94. The molecule has 0 bridgehead atoms. The molecule has 5 heteroatoms. The number of nitrogens with zero attached hydrogens (tertiary/aromatic N) is 4. The molecular weight excluding hydrogens is 262 g/mol. The van der Waals surface area contributed by atoms with Gasteiger partial charge in [-0.2, -0.15) is 5.10 Å². The van der Waals surface area contributed by atoms with Crippen LogP contribution in [0.15, 0.2) is 30.6 Å². The van der Waals surface area contributed by atoms with E-state index in [0.717, 1.165) is 12.4 Å². The van der Waals surface area contributed by atoms with Crippen molar-refractivity contribution in [3.63, 3.8) is 0 Å². The summed E-state index contributed by atoms with van der Waals surface area (Å²) in [4.78, 5) is 6.69. The fourth-order valence-electron chi connectivity index (χ4n) is 2.76. The van der Waals surface area contributed by atoms with Crippen LogP contribution in [0.3, 0.4) is 0 Å². The first-order valence-electron chi connectivity index (χ1n) is 7.70. The molecule has 0 unspecified atom stereocenters. The largest absolute Gasteiger partial charge is 0.372 e. The number of benzene rings is 1. The van der Waals surface area contributed by atoms with E-state index in [1.807, 2.05) is 7.05 Å². The minimum Gasteiger partial charge on any atom is -0.372 e. The fourth-order valence-corrected chi connectivity index (χ4v) is 2.76. The van der Waals surface area contributed by atoms with Gasteiger partial charge in [0.1, 0.15) is 6.33 Å². The molecular formula is C16H23N5. The maximum atomic E-state index is 4.25. The summed E-state index contributed by atoms with van der Waals surface area (Å²) in [7, 11) is 1.88. The van der Waals surface area contributed by atoms with Crippen LogP contribution in [0.4, 0.5) is 5.69 Å². The summed E-state index contributed by atoms with van der Waals surface area (Å²) >= 11 is 0. The van der Waals surface area contributed by atoms with Crippen molar-refractivity contribution in [2.45, 2.75) is 32.4 Å². The Kier molecular flexibility index (Phi) is 4.50. The number of aromatic nitrogens is 3. The first-order valence-corrected chi connectivity index (χ1v) is 7.70. The van der Waals surface area contributed by atoms with Crippen molar-refractivity contribution in [1.82, 2.24) is 20.1 Å². The average Bonchev–Trinajstić information content (AvgIpc) is 2.94. The number of anilines is 1. The topological polar surface area (TPSA) is 46.0 Å². The highest BCUT2D eigenvalue weighted by Gasteiger charge is 2.10. The Labute approximate surface area is 126 Å². The molecule has 3 rings (SSSR count). The van der Waals surface area contributed by atoms with Crippen LogP contribution >= 0.6 is 0 Å². The van der Waals surface area contributed by atoms with Gasteiger partial charge in [-0.1, -0.05) is 12.1 Å². The number of piperidine rings is 1. The van der Waals surface area contributed by atoms with Crippen molar-refractivity contribution in [2.24, 2.45) is 7.05 Å². The lowest BCUT2D eigenvalue weighted by atomic mass is 10.1. The van der Waals surface area contributed by atoms with E-state index in [4.69, 9.17) is 0 Å². The predicted molar refractivity (Wildman–Crippen MR) is 84.1 cm³/mol. The zero-order valence-electron chi connectivity index (χ0n) is 12.6. The van der Waals surface area contributed by atoms with Gasteiger partial charge in [-0.15, -0.1) is 0 Å². The van der Waals surface area contributed by atoms with Crippen LogP contribution in [0.1, 0.15) is 30.7 Å². The number of rotatable bonds is 5. The quantitative estimate of drug-likeness (QED) is 0.914. The molecule has 0 amide bonds. The Balaban J connectivity index is 1.49. The van der Waals surface area contributed by atoms with Gasteiger partial charge in [0.25, 0.3) is 0 Å². The monoisotopic (exact) mass is 285 g/mol. The van der Waals surface area contributed by atoms with Gasteiger partial charge < -0.3 is 10.2 Å². The lowest BCUT2D eigenvalue weighted by Gasteiger charge is -2.28. The summed E-state index contributed by atoms with van der Waals surface area (Å²) in [5, 5.41) is 7.63. The molecule has 112 valence electrons. The summed E-state index contributed by atoms with van der Waals surface area (Å²) < 4.78 is 1.73. The average molecular weight is 285 g/mol. The van der Waals surface area contributed by atoms with Crippen molar-refractivity contribution in [3.8, 4) is 0 Å². The zero-order chi connectivity index (χ0) is 14.5. The number of aryl methyl sites for hydroxylation is 1. The summed E-state index contributed by atoms with van der Waals surface area (Å²) in [5.74, 6) is 0.836. The van der Waals surface area contributed by atoms with E-state index in [1.165, 1.54) is 43.6 Å². The molecule has 0 saturated carbocycles. The highest BCUT2D eigenvalue weighted by atomic mass is 15.3. The highest BCUT2D eigenvalue weighted by molar-refractivity contribution is 5.47. The van der Waals surface area contributed by atoms with Crippen molar-refractivity contribution in [1.29, 1.82) is 0 Å². The minimum absolute atomic E-state index is 0.703. The molecule has 1 saturated heterocycles. The van der Waals surface area contributed by atoms with Crippen LogP contribution < -0.4 is 10.2 Å². The molecule has 1 aliphatic rings. The maximum Gasteiger partial charge on any atom is 0.164 e. The first-order chi connectivity index (χ1) is 10.3. The number of nitrogens with one attached hydrogen (secondary N) is 1. The van der Waals surface area contributed by atoms with E-state index in [9.17, 15) is 0 Å². The second kappa shape index (κ2) is 6.72. The van der Waals surface area contributed by atoms with Crippen LogP contribution in [0, 0.1) is 0 Å². The van der Waals surface area contributed by atoms with E-state index < -0.39 is 0 Å². The van der Waals surface area contributed by atoms with Gasteiger partial charge >= 0.3 is 0 Å². The molecule has 5 nitrogen and oxygen atoms in total. The minimum atomic E-state index is 0.703. The van der Waals surface area contributed by atoms with Gasteiger partial charge in [-0.05, 0) is 37.0 Å². The zero-order valence-corrected chi connectivity index (χ0v) is 12.6. The molecule has 0 atom stereocenters. The van der Waals surface area contributed by atoms with E-state index >= 15 is 0 Å². The Hall–Kier alpha value is -1.88. The van der Waals surface area contributed by atoms with Gasteiger partial charge in [0.15, 0.2) is 5.82 Å². The van der Waals surface area contributed by atoms with Crippen molar-refractivity contribution < 1.29 is 0 Å². The van der Waals surface area contributed by atoms with Gasteiger partial charge in [-0.3, -0.25) is 4.68 Å². The molecule has 2 aromatic rings. The Morgan fingerprint density at radius 3 is 2.48 bits per heavy atom. The van der Waals surface area contributed by atoms with Crippen LogP contribution in [-0.2, 0) is 20.1 Å². The molecule has 1 N–H and O–H groups in total. The van der Waals surface area contributed by atoms with Crippen LogP contribution in [0.5, 0.6) is 0 Å². The lowest BCUT2D eigenvalue weighted by Crippen LogP contribution is -2.29. The Bertz CT molecular complexity index is 554. The Morgan fingerprint density at radius 1 is 1.05 bits per heavy atom. The smallest absolute Gasteiger partial charge is 0.164 e. The van der Waals surface area contributed by atoms with Crippen molar-refractivity contribution in [2.75, 3.05) is 18.0 Å². The molecule has 21 heavy (non-hydrogen) atoms. The number of hydrogen-bond acceptors (Lipinski definition) is 4. The maximum absolute atomic E-state index is 4.25. The van der Waals surface area contributed by atoms with Crippen LogP contribution in [0.25, 0.3) is 0 Å². The van der Waals surface area contributed by atoms with E-state index in [1.54, 1.807) is 11.0 Å². The lowest BCUT2D eigenvalue weighted by molar-refractivity contribution is 0.577. The Morgan fingerprint density at radius 2 is 1.81 bits per heavy atom. The van der Waals surface area contributed by atoms with Gasteiger partial charge in [-0.25, -0.2) is 4.98 Å². The highest BCUT2D eigenvalue weighted by Crippen LogP contribution is 2.20. The van der Waals surface area contributed by atoms with E-state index in [-0.39, 0.29) is 0 Å². The molecule has 0 radical (unpaired) electrons. The van der Waals surface area contributed by atoms with E-state index in [0.29, 0.717) is 6.54 Å². The standard InChI is InChI=1S/C16H23N5/c1-20-13-18-16(19-20)12-17-11-14-5-7-15(8-6-14)21-9-3-2-4-10-21/h5-8,13,17H,2-4,9-12H2,1H3. The van der Waals surface area contributed by atoms with Gasteiger partial charge in [0, 0.05) is 32.4 Å². The van der Waals surface area contributed by atoms with E-state index in [2.05, 4.69) is 44.6 Å². The third kappa shape index (κ3) is 3.82. The molecule has 1 aliphatic heterocycles.